The van der Waals surface area contributed by atoms with Gasteiger partial charge in [-0.15, -0.1) is 0 Å². The fourth-order valence-electron chi connectivity index (χ4n) is 4.31. The molecule has 2 heterocycles. The molecule has 0 unspecified atom stereocenters. The van der Waals surface area contributed by atoms with E-state index < -0.39 is 0 Å². The van der Waals surface area contributed by atoms with Crippen molar-refractivity contribution in [3.8, 4) is 0 Å². The molecule has 1 N–H and O–H groups in total. The number of piperidine rings is 1. The summed E-state index contributed by atoms with van der Waals surface area (Å²) in [6.45, 7) is 2.61. The predicted octanol–water partition coefficient (Wildman–Crippen LogP) is 4.86. The largest absolute Gasteiger partial charge is 0.334 e. The number of hydrogen-bond acceptors (Lipinski definition) is 2. The van der Waals surface area contributed by atoms with Gasteiger partial charge in [0.05, 0.1) is 5.69 Å². The van der Waals surface area contributed by atoms with Crippen LogP contribution in [0.1, 0.15) is 37.4 Å². The molecule has 1 aromatic heterocycles. The van der Waals surface area contributed by atoms with E-state index in [1.54, 1.807) is 0 Å². The molecule has 144 valence electrons. The molecule has 5 nitrogen and oxygen atoms in total. The SMILES string of the molecule is O=C(Nc1cccc2ccccc12)N1CCC[C@@H](c2nccn2CC2CC2)C1. The van der Waals surface area contributed by atoms with E-state index in [0.29, 0.717) is 5.92 Å². The fraction of sp³-hybridized carbons (Fsp3) is 0.391. The zero-order valence-electron chi connectivity index (χ0n) is 16.1. The van der Waals surface area contributed by atoms with Crippen molar-refractivity contribution in [2.45, 2.75) is 38.1 Å². The number of anilines is 1. The standard InChI is InChI=1S/C23H26N4O/c28-23(25-21-9-3-6-18-5-1-2-8-20(18)21)27-13-4-7-19(16-27)22-24-12-14-26(22)15-17-10-11-17/h1-3,5-6,8-9,12,14,17,19H,4,7,10-11,13,15-16H2,(H,25,28)/t19-/m1/s1. The van der Waals surface area contributed by atoms with E-state index in [-0.39, 0.29) is 6.03 Å². The maximum absolute atomic E-state index is 13.0. The summed E-state index contributed by atoms with van der Waals surface area (Å²) < 4.78 is 2.31. The van der Waals surface area contributed by atoms with Crippen LogP contribution in [0.25, 0.3) is 10.8 Å². The summed E-state index contributed by atoms with van der Waals surface area (Å²) in [4.78, 5) is 19.6. The summed E-state index contributed by atoms with van der Waals surface area (Å²) in [6.07, 6.45) is 8.79. The molecule has 0 bridgehead atoms. The topological polar surface area (TPSA) is 50.2 Å². The molecule has 2 aromatic carbocycles. The molecule has 1 saturated heterocycles. The first-order chi connectivity index (χ1) is 13.8. The van der Waals surface area contributed by atoms with Crippen molar-refractivity contribution in [1.82, 2.24) is 14.5 Å². The number of hydrogen-bond donors (Lipinski definition) is 1. The summed E-state index contributed by atoms with van der Waals surface area (Å²) in [6, 6.07) is 14.2. The summed E-state index contributed by atoms with van der Waals surface area (Å²) in [7, 11) is 0. The van der Waals surface area contributed by atoms with E-state index >= 15 is 0 Å². The number of imidazole rings is 1. The summed E-state index contributed by atoms with van der Waals surface area (Å²) in [5, 5.41) is 5.35. The second-order valence-electron chi connectivity index (χ2n) is 8.12. The van der Waals surface area contributed by atoms with Crippen LogP contribution >= 0.6 is 0 Å². The first-order valence-electron chi connectivity index (χ1n) is 10.3. The van der Waals surface area contributed by atoms with Gasteiger partial charge in [0, 0.05) is 43.3 Å². The van der Waals surface area contributed by atoms with Gasteiger partial charge in [-0.2, -0.15) is 0 Å². The number of amides is 2. The molecule has 2 aliphatic rings. The van der Waals surface area contributed by atoms with Crippen LogP contribution in [0.4, 0.5) is 10.5 Å². The summed E-state index contributed by atoms with van der Waals surface area (Å²) >= 11 is 0. The highest BCUT2D eigenvalue weighted by Crippen LogP contribution is 2.33. The Morgan fingerprint density at radius 1 is 1.11 bits per heavy atom. The van der Waals surface area contributed by atoms with E-state index in [1.165, 1.54) is 12.8 Å². The second-order valence-corrected chi connectivity index (χ2v) is 8.12. The Morgan fingerprint density at radius 3 is 2.86 bits per heavy atom. The lowest BCUT2D eigenvalue weighted by molar-refractivity contribution is 0.190. The molecule has 5 heteroatoms. The smallest absolute Gasteiger partial charge is 0.321 e. The number of nitrogens with one attached hydrogen (secondary N) is 1. The van der Waals surface area contributed by atoms with Crippen LogP contribution in [0.5, 0.6) is 0 Å². The number of aromatic nitrogens is 2. The van der Waals surface area contributed by atoms with E-state index in [2.05, 4.69) is 39.3 Å². The van der Waals surface area contributed by atoms with Crippen molar-refractivity contribution in [2.75, 3.05) is 18.4 Å². The molecule has 0 radical (unpaired) electrons. The minimum Gasteiger partial charge on any atom is -0.334 e. The molecule has 1 aliphatic heterocycles. The van der Waals surface area contributed by atoms with Gasteiger partial charge in [-0.25, -0.2) is 9.78 Å². The lowest BCUT2D eigenvalue weighted by Crippen LogP contribution is -2.42. The van der Waals surface area contributed by atoms with Gasteiger partial charge in [0.1, 0.15) is 5.82 Å². The number of likely N-dealkylation sites (tertiary alicyclic amines) is 1. The van der Waals surface area contributed by atoms with Crippen molar-refractivity contribution in [1.29, 1.82) is 0 Å². The fourth-order valence-corrected chi connectivity index (χ4v) is 4.31. The van der Waals surface area contributed by atoms with Crippen molar-refractivity contribution >= 4 is 22.5 Å². The van der Waals surface area contributed by atoms with Crippen LogP contribution in [0.15, 0.2) is 54.9 Å². The highest BCUT2D eigenvalue weighted by Gasteiger charge is 2.29. The summed E-state index contributed by atoms with van der Waals surface area (Å²) in [5.74, 6) is 2.29. The molecule has 1 atom stereocenters. The van der Waals surface area contributed by atoms with Gasteiger partial charge in [-0.3, -0.25) is 0 Å². The number of carbonyl (C=O) groups excluding carboxylic acids is 1. The molecule has 3 aromatic rings. The Labute approximate surface area is 165 Å². The Kier molecular flexibility index (Phi) is 4.51. The number of urea groups is 1. The van der Waals surface area contributed by atoms with Gasteiger partial charge in [0.2, 0.25) is 0 Å². The normalized spacial score (nSPS) is 19.7. The minimum atomic E-state index is -0.0126. The maximum Gasteiger partial charge on any atom is 0.321 e. The van der Waals surface area contributed by atoms with Crippen LogP contribution in [0.2, 0.25) is 0 Å². The van der Waals surface area contributed by atoms with Crippen LogP contribution in [0.3, 0.4) is 0 Å². The van der Waals surface area contributed by atoms with Crippen molar-refractivity contribution in [2.24, 2.45) is 5.92 Å². The lowest BCUT2D eigenvalue weighted by atomic mass is 9.97. The third kappa shape index (κ3) is 3.49. The predicted molar refractivity (Wildman–Crippen MR) is 111 cm³/mol. The van der Waals surface area contributed by atoms with Gasteiger partial charge >= 0.3 is 6.03 Å². The van der Waals surface area contributed by atoms with Gasteiger partial charge in [0.15, 0.2) is 0 Å². The molecule has 1 aliphatic carbocycles. The van der Waals surface area contributed by atoms with E-state index in [4.69, 9.17) is 0 Å². The highest BCUT2D eigenvalue weighted by molar-refractivity contribution is 6.01. The average molecular weight is 374 g/mol. The number of benzene rings is 2. The van der Waals surface area contributed by atoms with E-state index in [9.17, 15) is 4.79 Å². The second kappa shape index (κ2) is 7.30. The first-order valence-corrected chi connectivity index (χ1v) is 10.3. The molecule has 5 rings (SSSR count). The van der Waals surface area contributed by atoms with Gasteiger partial charge in [-0.1, -0.05) is 36.4 Å². The van der Waals surface area contributed by atoms with Gasteiger partial charge in [-0.05, 0) is 43.1 Å². The molecule has 2 fully saturated rings. The van der Waals surface area contributed by atoms with E-state index in [0.717, 1.165) is 60.7 Å². The molecule has 2 amide bonds. The molecular formula is C23H26N4O. The molecule has 1 saturated carbocycles. The number of rotatable bonds is 4. The Bertz CT molecular complexity index is 986. The van der Waals surface area contributed by atoms with Crippen molar-refractivity contribution in [3.05, 3.63) is 60.7 Å². The third-order valence-corrected chi connectivity index (χ3v) is 6.00. The quantitative estimate of drug-likeness (QED) is 0.709. The zero-order chi connectivity index (χ0) is 18.9. The molecule has 28 heavy (non-hydrogen) atoms. The van der Waals surface area contributed by atoms with Gasteiger partial charge < -0.3 is 14.8 Å². The number of nitrogens with zero attached hydrogens (tertiary/aromatic N) is 3. The van der Waals surface area contributed by atoms with E-state index in [1.807, 2.05) is 35.4 Å². The zero-order valence-corrected chi connectivity index (χ0v) is 16.1. The third-order valence-electron chi connectivity index (χ3n) is 6.00. The first kappa shape index (κ1) is 17.3. The molecular weight excluding hydrogens is 348 g/mol. The van der Waals surface area contributed by atoms with Crippen LogP contribution < -0.4 is 5.32 Å². The lowest BCUT2D eigenvalue weighted by Gasteiger charge is -2.32. The van der Waals surface area contributed by atoms with Crippen molar-refractivity contribution in [3.63, 3.8) is 0 Å². The van der Waals surface area contributed by atoms with Crippen LogP contribution in [-0.2, 0) is 6.54 Å². The number of fused-ring (bicyclic) bond motifs is 1. The summed E-state index contributed by atoms with van der Waals surface area (Å²) in [5.41, 5.74) is 0.875. The van der Waals surface area contributed by atoms with Crippen LogP contribution in [0, 0.1) is 5.92 Å². The van der Waals surface area contributed by atoms with Crippen LogP contribution in [-0.4, -0.2) is 33.6 Å². The maximum atomic E-state index is 13.0. The van der Waals surface area contributed by atoms with Gasteiger partial charge in [0.25, 0.3) is 0 Å². The minimum absolute atomic E-state index is 0.0126. The monoisotopic (exact) mass is 374 g/mol. The average Bonchev–Trinajstić information content (AvgIpc) is 3.43. The number of carbonyl (C=O) groups is 1. The molecule has 0 spiro atoms. The Hall–Kier alpha value is -2.82. The Morgan fingerprint density at radius 2 is 1.96 bits per heavy atom. The van der Waals surface area contributed by atoms with Crippen molar-refractivity contribution < 1.29 is 4.79 Å². The Balaban J connectivity index is 1.31. The highest BCUT2D eigenvalue weighted by atomic mass is 16.2.